The van der Waals surface area contributed by atoms with Crippen molar-refractivity contribution >= 4 is 0 Å². The van der Waals surface area contributed by atoms with Crippen molar-refractivity contribution in [3.63, 3.8) is 0 Å². The van der Waals surface area contributed by atoms with Crippen LogP contribution in [0.3, 0.4) is 0 Å². The lowest BCUT2D eigenvalue weighted by Gasteiger charge is -1.07. The van der Waals surface area contributed by atoms with Crippen LogP contribution in [0.25, 0.3) is 0 Å². The van der Waals surface area contributed by atoms with Crippen LogP contribution in [0.5, 0.6) is 0 Å². The third-order valence-electron chi connectivity index (χ3n) is 0. The van der Waals surface area contributed by atoms with E-state index >= 15 is 0 Å². The van der Waals surface area contributed by atoms with E-state index in [9.17, 15) is 0 Å². The second kappa shape index (κ2) is 0. The lowest BCUT2D eigenvalue weighted by atomic mass is 11.0. The lowest BCUT2D eigenvalue weighted by molar-refractivity contribution is 1.50. The fourth-order valence-electron chi connectivity index (χ4n) is 0. The molecular weight excluding hydrogens is 408 g/mol. The zero-order valence-electron chi connectivity index (χ0n) is 34.0. The molecule has 0 aromatic carbocycles. The van der Waals surface area contributed by atoms with Gasteiger partial charge in [-0.05, 0) is 0 Å². The molecule has 0 aromatic rings. The smallest absolute Gasteiger partial charge is 0.0683 e. The van der Waals surface area contributed by atoms with Crippen LogP contribution in [0, 0.1) is 0 Å². The minimum atomic E-state index is 2.00. The fraction of sp³-hybridized carbons (Fsp3) is 1.00. The third kappa shape index (κ3) is 0. The van der Waals surface area contributed by atoms with Crippen molar-refractivity contribution in [3.05, 3.63) is 0 Å². The van der Waals surface area contributed by atoms with E-state index in [2.05, 4.69) is 0 Å². The fourth-order valence-corrected chi connectivity index (χ4v) is 0. The molecular formula is C34H102. The molecule has 0 aromatic heterocycles. The Morgan fingerprint density at radius 2 is 0.0588 bits per heavy atom. The van der Waals surface area contributed by atoms with Crippen molar-refractivity contribution in [3.8, 4) is 0 Å². The molecule has 0 aliphatic heterocycles. The zero-order valence-corrected chi connectivity index (χ0v) is 34.0. The van der Waals surface area contributed by atoms with Crippen molar-refractivity contribution in [2.24, 2.45) is 0 Å². The summed E-state index contributed by atoms with van der Waals surface area (Å²) in [5.41, 5.74) is 0. The summed E-state index contributed by atoms with van der Waals surface area (Å²) in [6, 6.07) is 0. The average Bonchev–Trinajstić information content (AvgIpc) is 3.09. The van der Waals surface area contributed by atoms with Crippen molar-refractivity contribution in [1.29, 1.82) is 0 Å². The summed E-state index contributed by atoms with van der Waals surface area (Å²) in [5, 5.41) is 0. The predicted molar refractivity (Wildman–Crippen MR) is 193 cm³/mol. The molecule has 34 heavy (non-hydrogen) atoms. The number of hydrogen-bond acceptors (Lipinski definition) is 0. The molecule has 0 nitrogen and oxygen atoms in total. The molecule has 0 fully saturated rings. The van der Waals surface area contributed by atoms with Crippen molar-refractivity contribution in [2.45, 2.75) is 235 Å². The molecule has 0 radical (unpaired) electrons. The largest absolute Gasteiger partial charge is 0.0683 e. The van der Waals surface area contributed by atoms with Gasteiger partial charge in [-0.1, -0.05) is 235 Å². The summed E-state index contributed by atoms with van der Waals surface area (Å²) in [4.78, 5) is 0. The quantitative estimate of drug-likeness (QED) is 0.304. The number of rotatable bonds is 0. The van der Waals surface area contributed by atoms with Crippen LogP contribution < -0.4 is 0 Å². The molecule has 0 heteroatoms. The highest BCUT2D eigenvalue weighted by atomic mass is 13.0. The van der Waals surface area contributed by atoms with E-state index in [4.69, 9.17) is 0 Å². The van der Waals surface area contributed by atoms with E-state index in [-0.39, 0.29) is 0 Å². The highest BCUT2D eigenvalue weighted by Gasteiger charge is 0.964. The van der Waals surface area contributed by atoms with Crippen LogP contribution in [0.4, 0.5) is 0 Å². The SMILES string of the molecule is CC.CC.CC.CC.CC.CC.CC.CC.CC.CC.CC.CC.CC.CC.CC.CC.CC. The first-order chi connectivity index (χ1) is 17.0. The van der Waals surface area contributed by atoms with E-state index < -0.39 is 0 Å². The second-order valence-corrected chi connectivity index (χ2v) is 0. The summed E-state index contributed by atoms with van der Waals surface area (Å²) in [6.07, 6.45) is 0. The normalized spacial score (nSPS) is 3.00. The summed E-state index contributed by atoms with van der Waals surface area (Å²) >= 11 is 0. The van der Waals surface area contributed by atoms with Gasteiger partial charge in [0.15, 0.2) is 0 Å². The molecule has 0 rings (SSSR count). The second-order valence-electron chi connectivity index (χ2n) is 0. The van der Waals surface area contributed by atoms with Crippen LogP contribution in [0.2, 0.25) is 0 Å². The van der Waals surface area contributed by atoms with Gasteiger partial charge in [-0.2, -0.15) is 0 Å². The van der Waals surface area contributed by atoms with Gasteiger partial charge < -0.3 is 0 Å². The van der Waals surface area contributed by atoms with Crippen LogP contribution in [-0.4, -0.2) is 0 Å². The molecule has 0 saturated heterocycles. The molecule has 238 valence electrons. The first-order valence-corrected chi connectivity index (χ1v) is 17.0. The molecule has 0 bridgehead atoms. The van der Waals surface area contributed by atoms with Gasteiger partial charge in [0.05, 0.1) is 0 Å². The maximum atomic E-state index is 2.00. The first kappa shape index (κ1) is 128. The van der Waals surface area contributed by atoms with Gasteiger partial charge in [0.25, 0.3) is 0 Å². The highest BCUT2D eigenvalue weighted by molar-refractivity contribution is 3.53. The molecule has 0 N–H and O–H groups in total. The maximum Gasteiger partial charge on any atom is -0.0683 e. The summed E-state index contributed by atoms with van der Waals surface area (Å²) in [6.45, 7) is 68.0. The van der Waals surface area contributed by atoms with Gasteiger partial charge in [-0.3, -0.25) is 0 Å². The van der Waals surface area contributed by atoms with Gasteiger partial charge in [0.2, 0.25) is 0 Å². The molecule has 0 aliphatic rings. The maximum absolute atomic E-state index is 2.00. The Morgan fingerprint density at radius 3 is 0.0588 bits per heavy atom. The first-order valence-electron chi connectivity index (χ1n) is 17.0. The van der Waals surface area contributed by atoms with E-state index in [1.165, 1.54) is 0 Å². The van der Waals surface area contributed by atoms with E-state index in [0.29, 0.717) is 0 Å². The summed E-state index contributed by atoms with van der Waals surface area (Å²) in [5.74, 6) is 0. The molecule has 0 saturated carbocycles. The van der Waals surface area contributed by atoms with Gasteiger partial charge in [0, 0.05) is 0 Å². The van der Waals surface area contributed by atoms with Gasteiger partial charge in [0.1, 0.15) is 0 Å². The van der Waals surface area contributed by atoms with Crippen molar-refractivity contribution in [2.75, 3.05) is 0 Å². The van der Waals surface area contributed by atoms with Gasteiger partial charge >= 0.3 is 0 Å². The summed E-state index contributed by atoms with van der Waals surface area (Å²) < 4.78 is 0. The van der Waals surface area contributed by atoms with Crippen molar-refractivity contribution < 1.29 is 0 Å². The Balaban J connectivity index is -0.00000000602. The summed E-state index contributed by atoms with van der Waals surface area (Å²) in [7, 11) is 0. The van der Waals surface area contributed by atoms with Crippen LogP contribution in [0.1, 0.15) is 235 Å². The molecule has 0 spiro atoms. The van der Waals surface area contributed by atoms with Crippen LogP contribution in [0.15, 0.2) is 0 Å². The van der Waals surface area contributed by atoms with Gasteiger partial charge in [-0.25, -0.2) is 0 Å². The molecule has 0 heterocycles. The van der Waals surface area contributed by atoms with Crippen molar-refractivity contribution in [1.82, 2.24) is 0 Å². The zero-order chi connectivity index (χ0) is 34.0. The standard InChI is InChI=1S/17C2H6/c17*1-2/h17*1-2H3. The van der Waals surface area contributed by atoms with Crippen LogP contribution >= 0.6 is 0 Å². The minimum absolute atomic E-state index is 2.00. The van der Waals surface area contributed by atoms with Gasteiger partial charge in [-0.15, -0.1) is 0 Å². The Bertz CT molecular complexity index is 0. The molecule has 0 unspecified atom stereocenters. The van der Waals surface area contributed by atoms with Crippen LogP contribution in [-0.2, 0) is 0 Å². The Kier molecular flexibility index (Phi) is 0. The van der Waals surface area contributed by atoms with E-state index in [1.807, 2.05) is 235 Å². The average molecular weight is 511 g/mol. The molecule has 0 atom stereocenters. The Labute approximate surface area is 235 Å². The Morgan fingerprint density at radius 1 is 0.0588 bits per heavy atom. The minimum Gasteiger partial charge on any atom is -0.0683 e. The lowest BCUT2D eigenvalue weighted by Crippen LogP contribution is -0.856. The monoisotopic (exact) mass is 511 g/mol. The predicted octanol–water partition coefficient (Wildman–Crippen LogP) is 17.4. The Hall–Kier alpha value is 0. The van der Waals surface area contributed by atoms with E-state index in [0.717, 1.165) is 0 Å². The third-order valence-corrected chi connectivity index (χ3v) is 0. The molecule has 0 aliphatic carbocycles. The highest BCUT2D eigenvalue weighted by Crippen LogP contribution is 1.18. The number of hydrogen-bond donors (Lipinski definition) is 0. The molecule has 0 amide bonds. The van der Waals surface area contributed by atoms with E-state index in [1.54, 1.807) is 0 Å². The topological polar surface area (TPSA) is 0 Å².